The predicted molar refractivity (Wildman–Crippen MR) is 85.7 cm³/mol. The molecule has 0 radical (unpaired) electrons. The van der Waals surface area contributed by atoms with Gasteiger partial charge in [0.15, 0.2) is 0 Å². The predicted octanol–water partition coefficient (Wildman–Crippen LogP) is 1.79. The third-order valence-corrected chi connectivity index (χ3v) is 4.00. The van der Waals surface area contributed by atoms with E-state index in [0.29, 0.717) is 6.61 Å². The zero-order chi connectivity index (χ0) is 16.2. The molecule has 0 spiro atoms. The lowest BCUT2D eigenvalue weighted by Gasteiger charge is -2.23. The Labute approximate surface area is 133 Å². The molecule has 1 aliphatic heterocycles. The first-order chi connectivity index (χ1) is 10.7. The van der Waals surface area contributed by atoms with E-state index < -0.39 is 31.0 Å². The third kappa shape index (κ3) is 7.20. The molecule has 0 saturated carbocycles. The summed E-state index contributed by atoms with van der Waals surface area (Å²) in [4.78, 5) is 0. The molecule has 0 amide bonds. The van der Waals surface area contributed by atoms with Crippen LogP contribution in [-0.4, -0.2) is 59.6 Å². The maximum atomic E-state index is 9.78. The molecule has 130 valence electrons. The highest BCUT2D eigenvalue weighted by Gasteiger charge is 2.40. The standard InChI is InChI=1S/C17H32O5/c1-2-3-4-5-6-7-8-9-10-11-21-17-15(20)13-22-16(17)14(19)12-18/h9-10,14-20H,2-8,11-13H2,1H3/b10-9+/t14-,15+,16+,17+/m0/s1. The minimum Gasteiger partial charge on any atom is -0.394 e. The van der Waals surface area contributed by atoms with Gasteiger partial charge in [0.05, 0.1) is 19.8 Å². The van der Waals surface area contributed by atoms with Crippen molar-refractivity contribution in [3.05, 3.63) is 12.2 Å². The van der Waals surface area contributed by atoms with Gasteiger partial charge in [-0.3, -0.25) is 0 Å². The molecular weight excluding hydrogens is 284 g/mol. The van der Waals surface area contributed by atoms with Crippen LogP contribution in [0.1, 0.15) is 51.9 Å². The molecule has 0 aliphatic carbocycles. The van der Waals surface area contributed by atoms with Crippen molar-refractivity contribution in [2.24, 2.45) is 0 Å². The van der Waals surface area contributed by atoms with Crippen LogP contribution >= 0.6 is 0 Å². The van der Waals surface area contributed by atoms with Crippen LogP contribution in [0.2, 0.25) is 0 Å². The number of rotatable bonds is 12. The van der Waals surface area contributed by atoms with E-state index >= 15 is 0 Å². The molecule has 1 fully saturated rings. The monoisotopic (exact) mass is 316 g/mol. The minimum atomic E-state index is -1.02. The molecule has 0 unspecified atom stereocenters. The van der Waals surface area contributed by atoms with Crippen LogP contribution in [0, 0.1) is 0 Å². The Balaban J connectivity index is 2.10. The van der Waals surface area contributed by atoms with Gasteiger partial charge in [-0.25, -0.2) is 0 Å². The summed E-state index contributed by atoms with van der Waals surface area (Å²) in [6.07, 6.45) is 9.78. The van der Waals surface area contributed by atoms with Gasteiger partial charge in [0, 0.05) is 0 Å². The fourth-order valence-corrected chi connectivity index (χ4v) is 2.65. The average Bonchev–Trinajstić information content (AvgIpc) is 2.89. The van der Waals surface area contributed by atoms with Crippen LogP contribution in [0.3, 0.4) is 0 Å². The number of aliphatic hydroxyl groups excluding tert-OH is 3. The van der Waals surface area contributed by atoms with Gasteiger partial charge in [-0.2, -0.15) is 0 Å². The molecule has 1 heterocycles. The lowest BCUT2D eigenvalue weighted by molar-refractivity contribution is -0.0879. The number of hydrogen-bond donors (Lipinski definition) is 3. The molecule has 1 saturated heterocycles. The fraction of sp³-hybridized carbons (Fsp3) is 0.882. The van der Waals surface area contributed by atoms with E-state index in [9.17, 15) is 10.2 Å². The summed E-state index contributed by atoms with van der Waals surface area (Å²) < 4.78 is 10.8. The first-order valence-electron chi connectivity index (χ1n) is 8.55. The lowest BCUT2D eigenvalue weighted by atomic mass is 10.1. The van der Waals surface area contributed by atoms with Crippen molar-refractivity contribution < 1.29 is 24.8 Å². The molecule has 5 nitrogen and oxygen atoms in total. The maximum absolute atomic E-state index is 9.78. The highest BCUT2D eigenvalue weighted by molar-refractivity contribution is 4.90. The number of unbranched alkanes of at least 4 members (excludes halogenated alkanes) is 6. The van der Waals surface area contributed by atoms with Crippen LogP contribution < -0.4 is 0 Å². The summed E-state index contributed by atoms with van der Waals surface area (Å²) in [5, 5.41) is 28.4. The van der Waals surface area contributed by atoms with E-state index in [1.54, 1.807) is 0 Å². The molecule has 0 aromatic heterocycles. The van der Waals surface area contributed by atoms with Gasteiger partial charge in [-0.05, 0) is 12.8 Å². The normalized spacial score (nSPS) is 26.8. The number of aliphatic hydroxyl groups is 3. The van der Waals surface area contributed by atoms with Gasteiger partial charge in [-0.1, -0.05) is 51.2 Å². The van der Waals surface area contributed by atoms with E-state index in [1.807, 2.05) is 6.08 Å². The largest absolute Gasteiger partial charge is 0.394 e. The molecular formula is C17H32O5. The van der Waals surface area contributed by atoms with Crippen molar-refractivity contribution in [2.75, 3.05) is 19.8 Å². The zero-order valence-electron chi connectivity index (χ0n) is 13.7. The van der Waals surface area contributed by atoms with Crippen LogP contribution in [0.15, 0.2) is 12.2 Å². The highest BCUT2D eigenvalue weighted by atomic mass is 16.6. The summed E-state index contributed by atoms with van der Waals surface area (Å²) in [5.74, 6) is 0. The number of allylic oxidation sites excluding steroid dienone is 1. The quantitative estimate of drug-likeness (QED) is 0.378. The van der Waals surface area contributed by atoms with Crippen LogP contribution in [-0.2, 0) is 9.47 Å². The molecule has 3 N–H and O–H groups in total. The summed E-state index contributed by atoms with van der Waals surface area (Å²) in [6.45, 7) is 2.34. The van der Waals surface area contributed by atoms with Crippen molar-refractivity contribution in [3.8, 4) is 0 Å². The van der Waals surface area contributed by atoms with Gasteiger partial charge in [0.25, 0.3) is 0 Å². The van der Waals surface area contributed by atoms with Gasteiger partial charge in [0.2, 0.25) is 0 Å². The topological polar surface area (TPSA) is 79.2 Å². The van der Waals surface area contributed by atoms with Gasteiger partial charge < -0.3 is 24.8 Å². The maximum Gasteiger partial charge on any atom is 0.115 e. The van der Waals surface area contributed by atoms with E-state index in [-0.39, 0.29) is 6.61 Å². The SMILES string of the molecule is CCCCCCCC/C=C/CO[C@H]1[C@@H]([C@@H](O)CO)OC[C@H]1O. The van der Waals surface area contributed by atoms with Gasteiger partial charge in [-0.15, -0.1) is 0 Å². The van der Waals surface area contributed by atoms with Gasteiger partial charge in [0.1, 0.15) is 24.4 Å². The Kier molecular flexibility index (Phi) is 10.7. The van der Waals surface area contributed by atoms with Gasteiger partial charge >= 0.3 is 0 Å². The van der Waals surface area contributed by atoms with Crippen molar-refractivity contribution >= 4 is 0 Å². The first-order valence-corrected chi connectivity index (χ1v) is 8.55. The Morgan fingerprint density at radius 2 is 1.91 bits per heavy atom. The fourth-order valence-electron chi connectivity index (χ4n) is 2.65. The second-order valence-electron chi connectivity index (χ2n) is 5.94. The summed E-state index contributed by atoms with van der Waals surface area (Å²) in [7, 11) is 0. The molecule has 1 aliphatic rings. The first kappa shape index (κ1) is 19.6. The smallest absolute Gasteiger partial charge is 0.115 e. The van der Waals surface area contributed by atoms with Crippen molar-refractivity contribution in [1.29, 1.82) is 0 Å². The van der Waals surface area contributed by atoms with Crippen molar-refractivity contribution in [3.63, 3.8) is 0 Å². The van der Waals surface area contributed by atoms with E-state index in [4.69, 9.17) is 14.6 Å². The minimum absolute atomic E-state index is 0.133. The average molecular weight is 316 g/mol. The number of ether oxygens (including phenoxy) is 2. The van der Waals surface area contributed by atoms with Crippen LogP contribution in [0.4, 0.5) is 0 Å². The van der Waals surface area contributed by atoms with Crippen molar-refractivity contribution in [2.45, 2.75) is 76.3 Å². The van der Waals surface area contributed by atoms with E-state index in [1.165, 1.54) is 38.5 Å². The molecule has 5 heteroatoms. The van der Waals surface area contributed by atoms with Crippen LogP contribution in [0.5, 0.6) is 0 Å². The summed E-state index contributed by atoms with van der Waals surface area (Å²) in [5.41, 5.74) is 0. The molecule has 1 rings (SSSR count). The molecule has 0 aromatic rings. The van der Waals surface area contributed by atoms with E-state index in [2.05, 4.69) is 13.0 Å². The molecule has 4 atom stereocenters. The zero-order valence-corrected chi connectivity index (χ0v) is 13.7. The molecule has 0 bridgehead atoms. The second kappa shape index (κ2) is 12.0. The Hall–Kier alpha value is -0.460. The Morgan fingerprint density at radius 1 is 1.18 bits per heavy atom. The highest BCUT2D eigenvalue weighted by Crippen LogP contribution is 2.21. The van der Waals surface area contributed by atoms with E-state index in [0.717, 1.165) is 6.42 Å². The Morgan fingerprint density at radius 3 is 2.64 bits per heavy atom. The Bertz CT molecular complexity index is 295. The molecule has 0 aromatic carbocycles. The van der Waals surface area contributed by atoms with Crippen molar-refractivity contribution in [1.82, 2.24) is 0 Å². The lowest BCUT2D eigenvalue weighted by Crippen LogP contribution is -2.42. The third-order valence-electron chi connectivity index (χ3n) is 4.00. The summed E-state index contributed by atoms with van der Waals surface area (Å²) in [6, 6.07) is 0. The van der Waals surface area contributed by atoms with Crippen LogP contribution in [0.25, 0.3) is 0 Å². The molecule has 22 heavy (non-hydrogen) atoms. The summed E-state index contributed by atoms with van der Waals surface area (Å²) >= 11 is 0. The number of hydrogen-bond acceptors (Lipinski definition) is 5. The second-order valence-corrected chi connectivity index (χ2v) is 5.94.